The van der Waals surface area contributed by atoms with Crippen LogP contribution in [0.3, 0.4) is 0 Å². The molecule has 0 amide bonds. The molecule has 0 aromatic heterocycles. The van der Waals surface area contributed by atoms with Crippen LogP contribution in [0.4, 0.5) is 0 Å². The number of aliphatic carboxylic acids is 1. The molecule has 0 rings (SSSR count). The van der Waals surface area contributed by atoms with Crippen LogP contribution in [0.5, 0.6) is 0 Å². The van der Waals surface area contributed by atoms with Crippen LogP contribution in [0.1, 0.15) is 6.92 Å². The summed E-state index contributed by atoms with van der Waals surface area (Å²) in [7, 11) is 0. The molecule has 0 fully saturated rings. The van der Waals surface area contributed by atoms with Crippen LogP contribution in [0.25, 0.3) is 0 Å². The van der Waals surface area contributed by atoms with Gasteiger partial charge in [-0.3, -0.25) is 4.79 Å². The van der Waals surface area contributed by atoms with Crippen LogP contribution in [-0.4, -0.2) is 28.1 Å². The smallest absolute Gasteiger partial charge is 0.300 e. The van der Waals surface area contributed by atoms with Gasteiger partial charge in [-0.15, -0.1) is 0 Å². The Morgan fingerprint density at radius 2 is 1.88 bits per heavy atom. The van der Waals surface area contributed by atoms with Crippen molar-refractivity contribution in [3.05, 3.63) is 0 Å². The third-order valence-electron chi connectivity index (χ3n) is 0.0845. The SMILES string of the molecule is CC(=O)O.OCCBr. The molecule has 8 heavy (non-hydrogen) atoms. The topological polar surface area (TPSA) is 57.5 Å². The normalized spacial score (nSPS) is 6.88. The van der Waals surface area contributed by atoms with Crippen molar-refractivity contribution in [2.75, 3.05) is 11.9 Å². The molecule has 2 N–H and O–H groups in total. The number of aliphatic hydroxyl groups excluding tert-OH is 1. The zero-order valence-corrected chi connectivity index (χ0v) is 6.18. The Labute approximate surface area is 56.5 Å². The highest BCUT2D eigenvalue weighted by Gasteiger charge is 1.65. The number of alkyl halides is 1. The summed E-state index contributed by atoms with van der Waals surface area (Å²) in [6, 6.07) is 0. The Hall–Kier alpha value is -0.0900. The van der Waals surface area contributed by atoms with Gasteiger partial charge < -0.3 is 10.2 Å². The molecule has 0 spiro atoms. The van der Waals surface area contributed by atoms with E-state index >= 15 is 0 Å². The van der Waals surface area contributed by atoms with Crippen LogP contribution < -0.4 is 0 Å². The fraction of sp³-hybridized carbons (Fsp3) is 0.750. The Balaban J connectivity index is 0. The third kappa shape index (κ3) is 172. The zero-order chi connectivity index (χ0) is 6.99. The summed E-state index contributed by atoms with van der Waals surface area (Å²) in [5.41, 5.74) is 0. The van der Waals surface area contributed by atoms with E-state index in [1.807, 2.05) is 0 Å². The third-order valence-corrected chi connectivity index (χ3v) is 0.439. The van der Waals surface area contributed by atoms with Gasteiger partial charge in [0.05, 0.1) is 6.61 Å². The van der Waals surface area contributed by atoms with Gasteiger partial charge in [0, 0.05) is 12.3 Å². The van der Waals surface area contributed by atoms with Gasteiger partial charge in [-0.2, -0.15) is 0 Å². The van der Waals surface area contributed by atoms with Crippen LogP contribution in [0.15, 0.2) is 0 Å². The number of aliphatic hydroxyl groups is 1. The van der Waals surface area contributed by atoms with E-state index in [4.69, 9.17) is 15.0 Å². The number of carbonyl (C=O) groups is 1. The first-order valence-electron chi connectivity index (χ1n) is 2.01. The lowest BCUT2D eigenvalue weighted by Crippen LogP contribution is -1.78. The molecule has 0 unspecified atom stereocenters. The Kier molecular flexibility index (Phi) is 13.5. The van der Waals surface area contributed by atoms with E-state index in [9.17, 15) is 0 Å². The van der Waals surface area contributed by atoms with E-state index < -0.39 is 5.97 Å². The molecule has 4 heteroatoms. The van der Waals surface area contributed by atoms with Crippen LogP contribution in [0.2, 0.25) is 0 Å². The zero-order valence-electron chi connectivity index (χ0n) is 4.59. The highest BCUT2D eigenvalue weighted by atomic mass is 79.9. The van der Waals surface area contributed by atoms with Crippen molar-refractivity contribution in [2.45, 2.75) is 6.92 Å². The minimum Gasteiger partial charge on any atom is -0.481 e. The lowest BCUT2D eigenvalue weighted by molar-refractivity contribution is -0.134. The number of carboxylic acids is 1. The fourth-order valence-corrected chi connectivity index (χ4v) is 0. The standard InChI is InChI=1S/C2H5BrO.C2H4O2/c3-1-2-4;1-2(3)4/h4H,1-2H2;1H3,(H,3,4). The molecule has 0 radical (unpaired) electrons. The largest absolute Gasteiger partial charge is 0.481 e. The predicted octanol–water partition coefficient (Wildman–Crippen LogP) is 0.465. The summed E-state index contributed by atoms with van der Waals surface area (Å²) in [5.74, 6) is -0.833. The van der Waals surface area contributed by atoms with Gasteiger partial charge in [-0.1, -0.05) is 15.9 Å². The van der Waals surface area contributed by atoms with Gasteiger partial charge >= 0.3 is 0 Å². The van der Waals surface area contributed by atoms with Gasteiger partial charge in [0.15, 0.2) is 0 Å². The summed E-state index contributed by atoms with van der Waals surface area (Å²) >= 11 is 3.00. The Morgan fingerprint density at radius 1 is 1.75 bits per heavy atom. The van der Waals surface area contributed by atoms with Gasteiger partial charge in [0.1, 0.15) is 0 Å². The number of halogens is 1. The number of carboxylic acid groups (broad SMARTS) is 1. The summed E-state index contributed by atoms with van der Waals surface area (Å²) < 4.78 is 0. The van der Waals surface area contributed by atoms with E-state index in [-0.39, 0.29) is 6.61 Å². The predicted molar refractivity (Wildman–Crippen MR) is 34.2 cm³/mol. The molecule has 0 aromatic carbocycles. The second-order valence-electron chi connectivity index (χ2n) is 0.932. The van der Waals surface area contributed by atoms with E-state index in [1.54, 1.807) is 0 Å². The van der Waals surface area contributed by atoms with Crippen LogP contribution in [0, 0.1) is 0 Å². The molecule has 0 bridgehead atoms. The maximum absolute atomic E-state index is 9.00. The molecule has 0 heterocycles. The van der Waals surface area contributed by atoms with Crippen molar-refractivity contribution in [1.29, 1.82) is 0 Å². The van der Waals surface area contributed by atoms with E-state index in [0.717, 1.165) is 6.92 Å². The molecular formula is C4H9BrO3. The highest BCUT2D eigenvalue weighted by Crippen LogP contribution is 1.69. The molecule has 0 aliphatic rings. The summed E-state index contributed by atoms with van der Waals surface area (Å²) in [6.45, 7) is 1.32. The fourth-order valence-electron chi connectivity index (χ4n) is 0. The van der Waals surface area contributed by atoms with Crippen molar-refractivity contribution in [3.63, 3.8) is 0 Å². The number of rotatable bonds is 1. The molecule has 0 saturated heterocycles. The quantitative estimate of drug-likeness (QED) is 0.583. The lowest BCUT2D eigenvalue weighted by Gasteiger charge is -1.67. The molecular weight excluding hydrogens is 176 g/mol. The van der Waals surface area contributed by atoms with Gasteiger partial charge in [0.25, 0.3) is 5.97 Å². The molecule has 50 valence electrons. The van der Waals surface area contributed by atoms with Gasteiger partial charge in [-0.25, -0.2) is 0 Å². The monoisotopic (exact) mass is 184 g/mol. The van der Waals surface area contributed by atoms with Crippen LogP contribution in [-0.2, 0) is 4.79 Å². The number of hydrogen-bond donors (Lipinski definition) is 2. The van der Waals surface area contributed by atoms with E-state index in [2.05, 4.69) is 15.9 Å². The van der Waals surface area contributed by atoms with E-state index in [1.165, 1.54) is 0 Å². The lowest BCUT2D eigenvalue weighted by atomic mass is 10.9. The Bertz CT molecular complexity index is 49.2. The van der Waals surface area contributed by atoms with Crippen molar-refractivity contribution in [3.8, 4) is 0 Å². The maximum atomic E-state index is 9.00. The van der Waals surface area contributed by atoms with Crippen molar-refractivity contribution < 1.29 is 15.0 Å². The summed E-state index contributed by atoms with van der Waals surface area (Å²) in [4.78, 5) is 9.00. The molecule has 0 saturated carbocycles. The van der Waals surface area contributed by atoms with Crippen molar-refractivity contribution in [2.24, 2.45) is 0 Å². The summed E-state index contributed by atoms with van der Waals surface area (Å²) in [5, 5.41) is 15.9. The first-order valence-corrected chi connectivity index (χ1v) is 3.13. The average Bonchev–Trinajstić information content (AvgIpc) is 1.65. The number of hydrogen-bond acceptors (Lipinski definition) is 2. The molecule has 0 aliphatic carbocycles. The molecule has 0 aromatic rings. The second-order valence-corrected chi connectivity index (χ2v) is 1.72. The van der Waals surface area contributed by atoms with Crippen LogP contribution >= 0.6 is 15.9 Å². The Morgan fingerprint density at radius 3 is 1.88 bits per heavy atom. The van der Waals surface area contributed by atoms with Crippen molar-refractivity contribution >= 4 is 21.9 Å². The molecule has 0 aliphatic heterocycles. The first kappa shape index (κ1) is 10.8. The second kappa shape index (κ2) is 10.0. The average molecular weight is 185 g/mol. The van der Waals surface area contributed by atoms with Gasteiger partial charge in [-0.05, 0) is 0 Å². The maximum Gasteiger partial charge on any atom is 0.300 e. The highest BCUT2D eigenvalue weighted by molar-refractivity contribution is 9.09. The first-order chi connectivity index (χ1) is 3.65. The minimum absolute atomic E-state index is 0.236. The van der Waals surface area contributed by atoms with E-state index in [0.29, 0.717) is 5.33 Å². The molecule has 3 nitrogen and oxygen atoms in total. The molecule has 0 atom stereocenters. The van der Waals surface area contributed by atoms with Gasteiger partial charge in [0.2, 0.25) is 0 Å². The summed E-state index contributed by atoms with van der Waals surface area (Å²) in [6.07, 6.45) is 0. The van der Waals surface area contributed by atoms with Crippen molar-refractivity contribution in [1.82, 2.24) is 0 Å². The minimum atomic E-state index is -0.833.